The van der Waals surface area contributed by atoms with Gasteiger partial charge in [0.05, 0.1) is 0 Å². The molecule has 1 unspecified atom stereocenters. The number of carbonyl (C=O) groups excluding carboxylic acids is 1. The molecule has 0 aliphatic carbocycles. The van der Waals surface area contributed by atoms with Crippen molar-refractivity contribution >= 4 is 33.4 Å². The van der Waals surface area contributed by atoms with Crippen LogP contribution in [0.3, 0.4) is 0 Å². The van der Waals surface area contributed by atoms with Gasteiger partial charge in [0.2, 0.25) is 0 Å². The first-order valence-electron chi connectivity index (χ1n) is 6.68. The van der Waals surface area contributed by atoms with Gasteiger partial charge >= 0.3 is 0 Å². The molecule has 0 heterocycles. The molecule has 0 fully saturated rings. The highest BCUT2D eigenvalue weighted by Crippen LogP contribution is 2.17. The molecule has 4 heteroatoms. The van der Waals surface area contributed by atoms with Crippen molar-refractivity contribution in [3.63, 3.8) is 0 Å². The van der Waals surface area contributed by atoms with E-state index < -0.39 is 0 Å². The van der Waals surface area contributed by atoms with Gasteiger partial charge in [-0.1, -0.05) is 29.3 Å². The summed E-state index contributed by atoms with van der Waals surface area (Å²) < 4.78 is 1.02. The summed E-state index contributed by atoms with van der Waals surface area (Å²) in [5.74, 6) is 1.12. The van der Waals surface area contributed by atoms with Crippen LogP contribution in [0.2, 0.25) is 0 Å². The molecule has 1 atom stereocenters. The van der Waals surface area contributed by atoms with Crippen molar-refractivity contribution in [1.29, 1.82) is 0 Å². The summed E-state index contributed by atoms with van der Waals surface area (Å²) in [6, 6.07) is 5.64. The second-order valence-corrected chi connectivity index (χ2v) is 6.04. The Morgan fingerprint density at radius 2 is 2.16 bits per heavy atom. The minimum atomic E-state index is -0.00808. The monoisotopic (exact) mass is 345 g/mol. The average molecular weight is 347 g/mol. The molecule has 106 valence electrons. The zero-order valence-corrected chi connectivity index (χ0v) is 13.9. The molecule has 1 aromatic rings. The number of aryl methyl sites for hydroxylation is 1. The van der Waals surface area contributed by atoms with Gasteiger partial charge in [-0.15, -0.1) is 11.6 Å². The SMILES string of the molecule is CCCC(CCCl)CNC(=O)c1ccc(Br)c(C)c1. The Kier molecular flexibility index (Phi) is 7.47. The predicted molar refractivity (Wildman–Crippen MR) is 84.9 cm³/mol. The molecule has 2 nitrogen and oxygen atoms in total. The fourth-order valence-corrected chi connectivity index (χ4v) is 2.59. The van der Waals surface area contributed by atoms with Crippen LogP contribution < -0.4 is 5.32 Å². The second kappa shape index (κ2) is 8.60. The molecule has 1 amide bonds. The maximum absolute atomic E-state index is 12.1. The van der Waals surface area contributed by atoms with E-state index in [0.29, 0.717) is 23.9 Å². The third kappa shape index (κ3) is 5.53. The normalized spacial score (nSPS) is 12.2. The molecule has 0 aliphatic rings. The van der Waals surface area contributed by atoms with Crippen molar-refractivity contribution in [2.45, 2.75) is 33.1 Å². The van der Waals surface area contributed by atoms with Crippen molar-refractivity contribution in [1.82, 2.24) is 5.32 Å². The van der Waals surface area contributed by atoms with Gasteiger partial charge in [-0.2, -0.15) is 0 Å². The lowest BCUT2D eigenvalue weighted by Gasteiger charge is -2.15. The van der Waals surface area contributed by atoms with Crippen molar-refractivity contribution in [3.05, 3.63) is 33.8 Å². The smallest absolute Gasteiger partial charge is 0.251 e. The molecule has 1 rings (SSSR count). The number of benzene rings is 1. The highest BCUT2D eigenvalue weighted by molar-refractivity contribution is 9.10. The highest BCUT2D eigenvalue weighted by Gasteiger charge is 2.11. The minimum Gasteiger partial charge on any atom is -0.352 e. The maximum atomic E-state index is 12.1. The number of carbonyl (C=O) groups is 1. The first-order chi connectivity index (χ1) is 9.08. The number of halogens is 2. The maximum Gasteiger partial charge on any atom is 0.251 e. The lowest BCUT2D eigenvalue weighted by molar-refractivity contribution is 0.0946. The van der Waals surface area contributed by atoms with Gasteiger partial charge in [0.15, 0.2) is 0 Å². The fraction of sp³-hybridized carbons (Fsp3) is 0.533. The molecule has 0 radical (unpaired) electrons. The molecular weight excluding hydrogens is 326 g/mol. The van der Waals surface area contributed by atoms with E-state index in [0.717, 1.165) is 29.3 Å². The zero-order chi connectivity index (χ0) is 14.3. The van der Waals surface area contributed by atoms with E-state index in [1.54, 1.807) is 0 Å². The van der Waals surface area contributed by atoms with Gasteiger partial charge in [0, 0.05) is 22.5 Å². The Bertz CT molecular complexity index is 417. The highest BCUT2D eigenvalue weighted by atomic mass is 79.9. The first-order valence-corrected chi connectivity index (χ1v) is 8.01. The van der Waals surface area contributed by atoms with Crippen LogP contribution in [0.15, 0.2) is 22.7 Å². The summed E-state index contributed by atoms with van der Waals surface area (Å²) in [5.41, 5.74) is 1.78. The lowest BCUT2D eigenvalue weighted by Crippen LogP contribution is -2.29. The standard InChI is InChI=1S/C15H21BrClNO/c1-3-4-12(7-8-17)10-18-15(19)13-5-6-14(16)11(2)9-13/h5-6,9,12H,3-4,7-8,10H2,1-2H3,(H,18,19). The van der Waals surface area contributed by atoms with E-state index >= 15 is 0 Å². The Balaban J connectivity index is 2.56. The topological polar surface area (TPSA) is 29.1 Å². The second-order valence-electron chi connectivity index (χ2n) is 4.81. The van der Waals surface area contributed by atoms with Gasteiger partial charge in [-0.25, -0.2) is 0 Å². The van der Waals surface area contributed by atoms with Crippen molar-refractivity contribution < 1.29 is 4.79 Å². The molecule has 19 heavy (non-hydrogen) atoms. The molecule has 1 aromatic carbocycles. The van der Waals surface area contributed by atoms with E-state index in [2.05, 4.69) is 28.2 Å². The Morgan fingerprint density at radius 3 is 2.74 bits per heavy atom. The Labute approximate surface area is 129 Å². The van der Waals surface area contributed by atoms with Crippen molar-refractivity contribution in [3.8, 4) is 0 Å². The third-order valence-electron chi connectivity index (χ3n) is 3.19. The summed E-state index contributed by atoms with van der Waals surface area (Å²) in [5, 5.41) is 3.00. The Hall–Kier alpha value is -0.540. The predicted octanol–water partition coefficient (Wildman–Crippen LogP) is 4.53. The van der Waals surface area contributed by atoms with Crippen LogP contribution in [-0.2, 0) is 0 Å². The van der Waals surface area contributed by atoms with Crippen LogP contribution in [0.4, 0.5) is 0 Å². The molecule has 0 bridgehead atoms. The van der Waals surface area contributed by atoms with Crippen LogP contribution in [0.25, 0.3) is 0 Å². The van der Waals surface area contributed by atoms with Gasteiger partial charge in [-0.3, -0.25) is 4.79 Å². The largest absolute Gasteiger partial charge is 0.352 e. The molecule has 0 saturated heterocycles. The Morgan fingerprint density at radius 1 is 1.42 bits per heavy atom. The van der Waals surface area contributed by atoms with Crippen LogP contribution in [0, 0.1) is 12.8 Å². The molecular formula is C15H21BrClNO. The van der Waals surface area contributed by atoms with Gasteiger partial charge in [0.1, 0.15) is 0 Å². The summed E-state index contributed by atoms with van der Waals surface area (Å²) in [7, 11) is 0. The number of hydrogen-bond donors (Lipinski definition) is 1. The number of rotatable bonds is 7. The van der Waals surface area contributed by atoms with Crippen LogP contribution in [0.1, 0.15) is 42.1 Å². The van der Waals surface area contributed by atoms with Crippen molar-refractivity contribution in [2.24, 2.45) is 5.92 Å². The van der Waals surface area contributed by atoms with Crippen molar-refractivity contribution in [2.75, 3.05) is 12.4 Å². The average Bonchev–Trinajstić information content (AvgIpc) is 2.39. The fourth-order valence-electron chi connectivity index (χ4n) is 2.04. The molecule has 0 aromatic heterocycles. The molecule has 0 spiro atoms. The number of alkyl halides is 1. The third-order valence-corrected chi connectivity index (χ3v) is 4.29. The molecule has 1 N–H and O–H groups in total. The number of nitrogens with one attached hydrogen (secondary N) is 1. The zero-order valence-electron chi connectivity index (χ0n) is 11.5. The van der Waals surface area contributed by atoms with E-state index in [9.17, 15) is 4.79 Å². The van der Waals surface area contributed by atoms with Crippen LogP contribution >= 0.6 is 27.5 Å². The first kappa shape index (κ1) is 16.5. The summed E-state index contributed by atoms with van der Waals surface area (Å²) in [4.78, 5) is 12.1. The lowest BCUT2D eigenvalue weighted by atomic mass is 10.0. The summed E-state index contributed by atoms with van der Waals surface area (Å²) >= 11 is 9.22. The van der Waals surface area contributed by atoms with E-state index in [4.69, 9.17) is 11.6 Å². The quantitative estimate of drug-likeness (QED) is 0.722. The van der Waals surface area contributed by atoms with Crippen LogP contribution in [-0.4, -0.2) is 18.3 Å². The van der Waals surface area contributed by atoms with E-state index in [1.165, 1.54) is 0 Å². The van der Waals surface area contributed by atoms with Crippen LogP contribution in [0.5, 0.6) is 0 Å². The summed E-state index contributed by atoms with van der Waals surface area (Å²) in [6.07, 6.45) is 3.18. The summed E-state index contributed by atoms with van der Waals surface area (Å²) in [6.45, 7) is 4.84. The number of hydrogen-bond acceptors (Lipinski definition) is 1. The number of amides is 1. The van der Waals surface area contributed by atoms with Gasteiger partial charge in [-0.05, 0) is 49.4 Å². The minimum absolute atomic E-state index is 0.00808. The van der Waals surface area contributed by atoms with E-state index in [-0.39, 0.29) is 5.91 Å². The van der Waals surface area contributed by atoms with E-state index in [1.807, 2.05) is 25.1 Å². The molecule has 0 aliphatic heterocycles. The van der Waals surface area contributed by atoms with Gasteiger partial charge in [0.25, 0.3) is 5.91 Å². The van der Waals surface area contributed by atoms with Gasteiger partial charge < -0.3 is 5.32 Å². The molecule has 0 saturated carbocycles.